The molecular formula is C20H24N6O. The summed E-state index contributed by atoms with van der Waals surface area (Å²) >= 11 is 0. The van der Waals surface area contributed by atoms with E-state index in [4.69, 9.17) is 0 Å². The maximum absolute atomic E-state index is 9.68. The summed E-state index contributed by atoms with van der Waals surface area (Å²) in [6, 6.07) is 5.91. The number of hydrogen-bond donors (Lipinski definition) is 2. The van der Waals surface area contributed by atoms with Crippen LogP contribution in [0.1, 0.15) is 18.9 Å². The van der Waals surface area contributed by atoms with E-state index in [0.29, 0.717) is 5.92 Å². The van der Waals surface area contributed by atoms with Crippen molar-refractivity contribution in [2.24, 2.45) is 11.3 Å². The molecule has 2 N–H and O–H groups in total. The summed E-state index contributed by atoms with van der Waals surface area (Å²) in [5.41, 5.74) is 1.96. The zero-order chi connectivity index (χ0) is 18.4. The van der Waals surface area contributed by atoms with Crippen LogP contribution in [-0.4, -0.2) is 51.2 Å². The number of aliphatic hydroxyl groups is 1. The Balaban J connectivity index is 1.43. The largest absolute Gasteiger partial charge is 0.392 e. The van der Waals surface area contributed by atoms with E-state index in [9.17, 15) is 5.11 Å². The number of pyridine rings is 1. The fraction of sp³-hybridized carbons (Fsp3) is 0.450. The van der Waals surface area contributed by atoms with E-state index < -0.39 is 0 Å². The number of piperidine rings is 1. The zero-order valence-electron chi connectivity index (χ0n) is 15.5. The number of H-pyrrole nitrogens is 1. The number of rotatable bonds is 3. The van der Waals surface area contributed by atoms with Crippen molar-refractivity contribution in [1.29, 1.82) is 0 Å². The number of aliphatic hydroxyl groups excluding tert-OH is 1. The first kappa shape index (κ1) is 16.5. The van der Waals surface area contributed by atoms with E-state index >= 15 is 0 Å². The molecule has 7 heteroatoms. The first-order chi connectivity index (χ1) is 13.2. The highest BCUT2D eigenvalue weighted by Crippen LogP contribution is 2.44. The monoisotopic (exact) mass is 364 g/mol. The standard InChI is InChI=1S/C20H24N6O/c1-20-11-25(19-16-4-7-21-17(16)23-13-24-19)8-5-15(20)9-26(12-20)18-14(10-27)3-2-6-22-18/h2-4,6-7,13,15,27H,5,8-12H2,1H3,(H,21,23,24). The molecule has 0 aliphatic carbocycles. The van der Waals surface area contributed by atoms with Gasteiger partial charge in [0.15, 0.2) is 0 Å². The van der Waals surface area contributed by atoms with Gasteiger partial charge in [-0.2, -0.15) is 0 Å². The van der Waals surface area contributed by atoms with E-state index in [2.05, 4.69) is 42.7 Å². The Hall–Kier alpha value is -2.67. The second-order valence-electron chi connectivity index (χ2n) is 8.02. The van der Waals surface area contributed by atoms with Crippen molar-refractivity contribution in [2.45, 2.75) is 20.0 Å². The van der Waals surface area contributed by atoms with E-state index in [1.165, 1.54) is 0 Å². The van der Waals surface area contributed by atoms with Crippen molar-refractivity contribution in [3.05, 3.63) is 42.5 Å². The molecule has 3 aromatic rings. The predicted octanol–water partition coefficient (Wildman–Crippen LogP) is 2.20. The first-order valence-electron chi connectivity index (χ1n) is 9.51. The third-order valence-corrected chi connectivity index (χ3v) is 6.25. The van der Waals surface area contributed by atoms with E-state index in [-0.39, 0.29) is 12.0 Å². The highest BCUT2D eigenvalue weighted by atomic mass is 16.3. The Morgan fingerprint density at radius 1 is 1.19 bits per heavy atom. The summed E-state index contributed by atoms with van der Waals surface area (Å²) in [4.78, 5) is 21.4. The molecule has 0 aromatic carbocycles. The fourth-order valence-electron chi connectivity index (χ4n) is 4.85. The molecule has 0 saturated carbocycles. The summed E-state index contributed by atoms with van der Waals surface area (Å²) in [5, 5.41) is 10.8. The molecule has 7 nitrogen and oxygen atoms in total. The topological polar surface area (TPSA) is 81.2 Å². The van der Waals surface area contributed by atoms with Gasteiger partial charge < -0.3 is 19.9 Å². The molecule has 2 saturated heterocycles. The summed E-state index contributed by atoms with van der Waals surface area (Å²) in [5.74, 6) is 2.57. The Morgan fingerprint density at radius 2 is 2.07 bits per heavy atom. The molecule has 140 valence electrons. The molecule has 2 unspecified atom stereocenters. The summed E-state index contributed by atoms with van der Waals surface area (Å²) < 4.78 is 0. The maximum atomic E-state index is 9.68. The van der Waals surface area contributed by atoms with Gasteiger partial charge in [0.25, 0.3) is 0 Å². The van der Waals surface area contributed by atoms with Gasteiger partial charge in [-0.05, 0) is 24.5 Å². The summed E-state index contributed by atoms with van der Waals surface area (Å²) in [7, 11) is 0. The van der Waals surface area contributed by atoms with Crippen LogP contribution in [0.25, 0.3) is 11.0 Å². The molecule has 3 aromatic heterocycles. The predicted molar refractivity (Wildman–Crippen MR) is 105 cm³/mol. The van der Waals surface area contributed by atoms with E-state index in [0.717, 1.165) is 60.8 Å². The lowest BCUT2D eigenvalue weighted by molar-refractivity contribution is 0.216. The van der Waals surface area contributed by atoms with Gasteiger partial charge in [-0.15, -0.1) is 0 Å². The van der Waals surface area contributed by atoms with E-state index in [1.807, 2.05) is 24.5 Å². The number of aromatic nitrogens is 4. The molecule has 0 spiro atoms. The van der Waals surface area contributed by atoms with Gasteiger partial charge in [-0.3, -0.25) is 0 Å². The zero-order valence-corrected chi connectivity index (χ0v) is 15.5. The molecule has 2 aliphatic rings. The lowest BCUT2D eigenvalue weighted by Gasteiger charge is -2.42. The van der Waals surface area contributed by atoms with Gasteiger partial charge in [0.2, 0.25) is 0 Å². The minimum atomic E-state index is 0.0274. The summed E-state index contributed by atoms with van der Waals surface area (Å²) in [6.07, 6.45) is 6.51. The minimum Gasteiger partial charge on any atom is -0.392 e. The van der Waals surface area contributed by atoms with Crippen molar-refractivity contribution in [3.8, 4) is 0 Å². The van der Waals surface area contributed by atoms with Gasteiger partial charge in [0.1, 0.15) is 23.6 Å². The van der Waals surface area contributed by atoms with Crippen LogP contribution >= 0.6 is 0 Å². The van der Waals surface area contributed by atoms with Gasteiger partial charge in [0.05, 0.1) is 12.0 Å². The van der Waals surface area contributed by atoms with Gasteiger partial charge in [-0.1, -0.05) is 13.0 Å². The highest BCUT2D eigenvalue weighted by molar-refractivity contribution is 5.87. The molecule has 0 bridgehead atoms. The number of fused-ring (bicyclic) bond motifs is 2. The highest BCUT2D eigenvalue weighted by Gasteiger charge is 2.47. The minimum absolute atomic E-state index is 0.0274. The SMILES string of the molecule is CC12CN(c3ncccc3CO)CC1CCN(c1ncnc3[nH]ccc13)C2. The number of aromatic amines is 1. The van der Waals surface area contributed by atoms with Crippen LogP contribution in [0.2, 0.25) is 0 Å². The molecule has 5 heterocycles. The van der Waals surface area contributed by atoms with Gasteiger partial charge in [-0.25, -0.2) is 15.0 Å². The molecule has 27 heavy (non-hydrogen) atoms. The third-order valence-electron chi connectivity index (χ3n) is 6.25. The number of hydrogen-bond acceptors (Lipinski definition) is 6. The van der Waals surface area contributed by atoms with Crippen LogP contribution < -0.4 is 9.80 Å². The van der Waals surface area contributed by atoms with E-state index in [1.54, 1.807) is 6.33 Å². The van der Waals surface area contributed by atoms with Crippen LogP contribution in [-0.2, 0) is 6.61 Å². The normalized spacial score (nSPS) is 25.2. The van der Waals surface area contributed by atoms with Crippen molar-refractivity contribution in [1.82, 2.24) is 19.9 Å². The Labute approximate surface area is 158 Å². The molecule has 0 amide bonds. The molecule has 2 atom stereocenters. The number of nitrogens with zero attached hydrogens (tertiary/aromatic N) is 5. The van der Waals surface area contributed by atoms with Gasteiger partial charge in [0, 0.05) is 49.6 Å². The summed E-state index contributed by atoms with van der Waals surface area (Å²) in [6.45, 7) is 6.31. The van der Waals surface area contributed by atoms with Gasteiger partial charge >= 0.3 is 0 Å². The molecule has 2 aliphatic heterocycles. The molecular weight excluding hydrogens is 340 g/mol. The van der Waals surface area contributed by atoms with Crippen molar-refractivity contribution in [3.63, 3.8) is 0 Å². The average Bonchev–Trinajstić information content (AvgIpc) is 3.30. The fourth-order valence-corrected chi connectivity index (χ4v) is 4.85. The number of nitrogens with one attached hydrogen (secondary N) is 1. The Morgan fingerprint density at radius 3 is 2.96 bits per heavy atom. The van der Waals surface area contributed by atoms with Crippen molar-refractivity contribution >= 4 is 22.7 Å². The van der Waals surface area contributed by atoms with Crippen LogP contribution in [0, 0.1) is 11.3 Å². The third kappa shape index (κ3) is 2.65. The van der Waals surface area contributed by atoms with Crippen LogP contribution in [0.4, 0.5) is 11.6 Å². The second-order valence-corrected chi connectivity index (χ2v) is 8.02. The van der Waals surface area contributed by atoms with Crippen LogP contribution in [0.3, 0.4) is 0 Å². The lowest BCUT2D eigenvalue weighted by Crippen LogP contribution is -2.47. The average molecular weight is 364 g/mol. The first-order valence-corrected chi connectivity index (χ1v) is 9.51. The maximum Gasteiger partial charge on any atom is 0.142 e. The number of anilines is 2. The van der Waals surface area contributed by atoms with Crippen molar-refractivity contribution in [2.75, 3.05) is 36.0 Å². The molecule has 0 radical (unpaired) electrons. The second kappa shape index (κ2) is 6.20. The quantitative estimate of drug-likeness (QED) is 0.742. The lowest BCUT2D eigenvalue weighted by atomic mass is 9.75. The smallest absolute Gasteiger partial charge is 0.142 e. The van der Waals surface area contributed by atoms with Crippen molar-refractivity contribution < 1.29 is 5.11 Å². The van der Waals surface area contributed by atoms with Crippen LogP contribution in [0.15, 0.2) is 36.9 Å². The Bertz CT molecular complexity index is 972. The van der Waals surface area contributed by atoms with Crippen LogP contribution in [0.5, 0.6) is 0 Å². The Kier molecular flexibility index (Phi) is 3.79. The molecule has 5 rings (SSSR count). The molecule has 2 fully saturated rings.